The third-order valence-corrected chi connectivity index (χ3v) is 5.33. The molecule has 0 saturated heterocycles. The fourth-order valence-electron chi connectivity index (χ4n) is 3.41. The van der Waals surface area contributed by atoms with E-state index in [0.717, 1.165) is 27.7 Å². The molecule has 0 spiro atoms. The summed E-state index contributed by atoms with van der Waals surface area (Å²) in [5.41, 5.74) is 3.60. The molecule has 0 aliphatic carbocycles. The fourth-order valence-corrected chi connectivity index (χ4v) is 3.85. The number of carbonyl (C=O) groups is 2. The Balaban J connectivity index is 1.61. The van der Waals surface area contributed by atoms with Gasteiger partial charge in [-0.25, -0.2) is 0 Å². The molecule has 142 valence electrons. The first-order valence-electron chi connectivity index (χ1n) is 9.02. The van der Waals surface area contributed by atoms with Gasteiger partial charge in [-0.3, -0.25) is 9.59 Å². The zero-order chi connectivity index (χ0) is 19.4. The fraction of sp³-hybridized carbons (Fsp3) is 0.333. The molecule has 5 nitrogen and oxygen atoms in total. The largest absolute Gasteiger partial charge is 0.396 e. The number of nitrogens with one attached hydrogen (secondary N) is 1. The molecular formula is C21H23BrN2O3. The van der Waals surface area contributed by atoms with Crippen LogP contribution in [-0.4, -0.2) is 36.6 Å². The molecule has 0 saturated carbocycles. The van der Waals surface area contributed by atoms with Crippen molar-refractivity contribution >= 4 is 33.4 Å². The minimum absolute atomic E-state index is 0.00452. The zero-order valence-corrected chi connectivity index (χ0v) is 16.8. The second-order valence-corrected chi connectivity index (χ2v) is 7.77. The van der Waals surface area contributed by atoms with Crippen LogP contribution in [0, 0.1) is 5.92 Å². The lowest BCUT2D eigenvalue weighted by atomic mass is 10.00. The van der Waals surface area contributed by atoms with Crippen molar-refractivity contribution in [3.63, 3.8) is 0 Å². The third kappa shape index (κ3) is 4.76. The van der Waals surface area contributed by atoms with Crippen molar-refractivity contribution in [2.75, 3.05) is 24.6 Å². The van der Waals surface area contributed by atoms with E-state index in [9.17, 15) is 14.7 Å². The van der Waals surface area contributed by atoms with Crippen LogP contribution in [0.5, 0.6) is 0 Å². The van der Waals surface area contributed by atoms with Crippen LogP contribution in [0.25, 0.3) is 0 Å². The molecule has 2 N–H and O–H groups in total. The van der Waals surface area contributed by atoms with Crippen molar-refractivity contribution in [2.45, 2.75) is 19.8 Å². The number of amides is 2. The van der Waals surface area contributed by atoms with Crippen LogP contribution < -0.4 is 10.2 Å². The van der Waals surface area contributed by atoms with Gasteiger partial charge < -0.3 is 15.3 Å². The molecule has 1 aliphatic heterocycles. The molecule has 27 heavy (non-hydrogen) atoms. The summed E-state index contributed by atoms with van der Waals surface area (Å²) in [4.78, 5) is 25.9. The van der Waals surface area contributed by atoms with Gasteiger partial charge in [0.1, 0.15) is 0 Å². The predicted octanol–water partition coefficient (Wildman–Crippen LogP) is 2.94. The first-order valence-corrected chi connectivity index (χ1v) is 9.81. The van der Waals surface area contributed by atoms with Crippen molar-refractivity contribution in [2.24, 2.45) is 5.92 Å². The Morgan fingerprint density at radius 3 is 2.78 bits per heavy atom. The Morgan fingerprint density at radius 2 is 2.07 bits per heavy atom. The Labute approximate surface area is 167 Å². The summed E-state index contributed by atoms with van der Waals surface area (Å²) in [7, 11) is 0. The topological polar surface area (TPSA) is 69.6 Å². The van der Waals surface area contributed by atoms with Gasteiger partial charge in [0.15, 0.2) is 0 Å². The van der Waals surface area contributed by atoms with E-state index in [1.807, 2.05) is 36.4 Å². The lowest BCUT2D eigenvalue weighted by molar-refractivity contribution is -0.116. The van der Waals surface area contributed by atoms with Crippen LogP contribution >= 0.6 is 15.9 Å². The van der Waals surface area contributed by atoms with Crippen molar-refractivity contribution in [3.8, 4) is 0 Å². The first kappa shape index (κ1) is 19.6. The lowest BCUT2D eigenvalue weighted by Gasteiger charge is -2.16. The van der Waals surface area contributed by atoms with Crippen molar-refractivity contribution in [3.05, 3.63) is 63.6 Å². The normalized spacial score (nSPS) is 14.0. The molecule has 1 aliphatic rings. The van der Waals surface area contributed by atoms with Crippen molar-refractivity contribution in [1.29, 1.82) is 0 Å². The van der Waals surface area contributed by atoms with Gasteiger partial charge in [0.2, 0.25) is 5.91 Å². The molecule has 0 aromatic heterocycles. The first-order chi connectivity index (χ1) is 13.0. The molecule has 0 fully saturated rings. The average molecular weight is 431 g/mol. The minimum Gasteiger partial charge on any atom is -0.396 e. The molecule has 1 unspecified atom stereocenters. The molecule has 0 radical (unpaired) electrons. The maximum absolute atomic E-state index is 12.5. The number of aliphatic hydroxyl groups is 1. The molecule has 2 aromatic rings. The predicted molar refractivity (Wildman–Crippen MR) is 109 cm³/mol. The number of fused-ring (bicyclic) bond motifs is 1. The van der Waals surface area contributed by atoms with Gasteiger partial charge in [0, 0.05) is 48.3 Å². The van der Waals surface area contributed by atoms with E-state index < -0.39 is 0 Å². The molecule has 2 aromatic carbocycles. The van der Waals surface area contributed by atoms with Gasteiger partial charge in [-0.15, -0.1) is 0 Å². The second-order valence-electron chi connectivity index (χ2n) is 6.86. The highest BCUT2D eigenvalue weighted by Crippen LogP contribution is 2.28. The van der Waals surface area contributed by atoms with Gasteiger partial charge in [0.05, 0.1) is 0 Å². The Bertz CT molecular complexity index is 853. The average Bonchev–Trinajstić information content (AvgIpc) is 3.08. The van der Waals surface area contributed by atoms with E-state index in [1.165, 1.54) is 0 Å². The zero-order valence-electron chi connectivity index (χ0n) is 15.2. The summed E-state index contributed by atoms with van der Waals surface area (Å²) >= 11 is 3.45. The summed E-state index contributed by atoms with van der Waals surface area (Å²) in [5, 5.41) is 12.6. The number of benzene rings is 2. The van der Waals surface area contributed by atoms with Gasteiger partial charge in [-0.2, -0.15) is 0 Å². The Kier molecular flexibility index (Phi) is 6.29. The molecule has 0 bridgehead atoms. The highest BCUT2D eigenvalue weighted by atomic mass is 79.9. The monoisotopic (exact) mass is 430 g/mol. The van der Waals surface area contributed by atoms with E-state index in [1.54, 1.807) is 17.9 Å². The molecular weight excluding hydrogens is 408 g/mol. The van der Waals surface area contributed by atoms with Crippen LogP contribution in [0.4, 0.5) is 5.69 Å². The highest BCUT2D eigenvalue weighted by molar-refractivity contribution is 9.10. The molecule has 1 heterocycles. The van der Waals surface area contributed by atoms with Crippen molar-refractivity contribution < 1.29 is 14.7 Å². The summed E-state index contributed by atoms with van der Waals surface area (Å²) in [6.45, 7) is 2.62. The second kappa shape index (κ2) is 8.67. The van der Waals surface area contributed by atoms with Gasteiger partial charge >= 0.3 is 0 Å². The Morgan fingerprint density at radius 1 is 1.26 bits per heavy atom. The number of halogens is 1. The summed E-state index contributed by atoms with van der Waals surface area (Å²) in [5.74, 6) is -0.193. The highest BCUT2D eigenvalue weighted by Gasteiger charge is 2.23. The van der Waals surface area contributed by atoms with Crippen LogP contribution in [0.2, 0.25) is 0 Å². The standard InChI is InChI=1S/C21H23BrN2O3/c1-14(26)24-8-7-17-11-18(5-6-20(17)24)21(27)23-12-16(13-25)9-15-3-2-4-19(22)10-15/h2-6,10-11,16,25H,7-9,12-13H2,1H3,(H,23,27). The van der Waals surface area contributed by atoms with Crippen molar-refractivity contribution in [1.82, 2.24) is 5.32 Å². The summed E-state index contributed by atoms with van der Waals surface area (Å²) in [6, 6.07) is 13.4. The lowest BCUT2D eigenvalue weighted by Crippen LogP contribution is -2.32. The summed E-state index contributed by atoms with van der Waals surface area (Å²) in [6.07, 6.45) is 1.45. The number of rotatable bonds is 6. The van der Waals surface area contributed by atoms with E-state index in [4.69, 9.17) is 0 Å². The van der Waals surface area contributed by atoms with E-state index >= 15 is 0 Å². The number of anilines is 1. The van der Waals surface area contributed by atoms with Crippen LogP contribution in [-0.2, 0) is 17.6 Å². The number of nitrogens with zero attached hydrogens (tertiary/aromatic N) is 1. The number of hydrogen-bond donors (Lipinski definition) is 2. The molecule has 3 rings (SSSR count). The summed E-state index contributed by atoms with van der Waals surface area (Å²) < 4.78 is 0.999. The van der Waals surface area contributed by atoms with E-state index in [2.05, 4.69) is 21.2 Å². The number of hydrogen-bond acceptors (Lipinski definition) is 3. The molecule has 2 amide bonds. The van der Waals surface area contributed by atoms with E-state index in [0.29, 0.717) is 25.1 Å². The third-order valence-electron chi connectivity index (χ3n) is 4.84. The quantitative estimate of drug-likeness (QED) is 0.739. The number of aliphatic hydroxyl groups excluding tert-OH is 1. The Hall–Kier alpha value is -2.18. The van der Waals surface area contributed by atoms with Crippen LogP contribution in [0.1, 0.15) is 28.4 Å². The minimum atomic E-state index is -0.160. The van der Waals surface area contributed by atoms with E-state index in [-0.39, 0.29) is 24.3 Å². The van der Waals surface area contributed by atoms with Gasteiger partial charge in [-0.1, -0.05) is 28.1 Å². The molecule has 6 heteroatoms. The number of carbonyl (C=O) groups excluding carboxylic acids is 2. The van der Waals surface area contributed by atoms with Crippen LogP contribution in [0.15, 0.2) is 46.9 Å². The molecule has 1 atom stereocenters. The van der Waals surface area contributed by atoms with Gasteiger partial charge in [0.25, 0.3) is 5.91 Å². The van der Waals surface area contributed by atoms with Crippen LogP contribution in [0.3, 0.4) is 0 Å². The van der Waals surface area contributed by atoms with Gasteiger partial charge in [-0.05, 0) is 54.3 Å². The smallest absolute Gasteiger partial charge is 0.251 e. The maximum atomic E-state index is 12.5. The SMILES string of the molecule is CC(=O)N1CCc2cc(C(=O)NCC(CO)Cc3cccc(Br)c3)ccc21. The maximum Gasteiger partial charge on any atom is 0.251 e.